The Morgan fingerprint density at radius 2 is 0.900 bits per heavy atom. The van der Waals surface area contributed by atoms with Gasteiger partial charge in [-0.25, -0.2) is 15.0 Å². The molecule has 234 valence electrons. The highest BCUT2D eigenvalue weighted by molar-refractivity contribution is 6.11. The lowest BCUT2D eigenvalue weighted by molar-refractivity contribution is 0.666. The molecular formula is C46H29N3O. The summed E-state index contributed by atoms with van der Waals surface area (Å²) in [6.45, 7) is 0. The molecule has 0 saturated heterocycles. The molecule has 0 bridgehead atoms. The summed E-state index contributed by atoms with van der Waals surface area (Å²) in [6, 6.07) is 61.5. The van der Waals surface area contributed by atoms with Crippen molar-refractivity contribution < 1.29 is 4.42 Å². The number of benzene rings is 7. The van der Waals surface area contributed by atoms with Crippen molar-refractivity contribution in [3.8, 4) is 45.3 Å². The van der Waals surface area contributed by atoms with Gasteiger partial charge in [0.15, 0.2) is 17.5 Å². The summed E-state index contributed by atoms with van der Waals surface area (Å²) in [5.74, 6) is 1.81. The lowest BCUT2D eigenvalue weighted by atomic mass is 9.67. The summed E-state index contributed by atoms with van der Waals surface area (Å²) >= 11 is 0. The van der Waals surface area contributed by atoms with Gasteiger partial charge in [0, 0.05) is 21.9 Å². The molecule has 1 aliphatic rings. The molecule has 4 nitrogen and oxygen atoms in total. The Morgan fingerprint density at radius 3 is 1.52 bits per heavy atom. The van der Waals surface area contributed by atoms with E-state index in [1.807, 2.05) is 66.7 Å². The van der Waals surface area contributed by atoms with Crippen LogP contribution in [0, 0.1) is 0 Å². The molecule has 0 unspecified atom stereocenters. The molecule has 0 aliphatic heterocycles. The Bertz CT molecular complexity index is 2590. The number of hydrogen-bond donors (Lipinski definition) is 0. The monoisotopic (exact) mass is 639 g/mol. The molecule has 0 fully saturated rings. The van der Waals surface area contributed by atoms with E-state index in [1.165, 1.54) is 33.4 Å². The minimum absolute atomic E-state index is 0.506. The zero-order valence-electron chi connectivity index (χ0n) is 27.0. The van der Waals surface area contributed by atoms with Gasteiger partial charge < -0.3 is 4.42 Å². The maximum Gasteiger partial charge on any atom is 0.167 e. The molecule has 7 aromatic carbocycles. The summed E-state index contributed by atoms with van der Waals surface area (Å²) in [5.41, 5.74) is 11.1. The Balaban J connectivity index is 1.24. The van der Waals surface area contributed by atoms with Crippen molar-refractivity contribution >= 4 is 21.9 Å². The van der Waals surface area contributed by atoms with Crippen LogP contribution in [0.1, 0.15) is 22.3 Å². The fraction of sp³-hybridized carbons (Fsp3) is 0.0217. The molecule has 2 aromatic heterocycles. The van der Waals surface area contributed by atoms with Crippen molar-refractivity contribution in [2.24, 2.45) is 0 Å². The largest absolute Gasteiger partial charge is 0.455 e. The van der Waals surface area contributed by atoms with Crippen LogP contribution in [0.15, 0.2) is 180 Å². The summed E-state index contributed by atoms with van der Waals surface area (Å²) in [7, 11) is 0. The number of nitrogens with zero attached hydrogens (tertiary/aromatic N) is 3. The first-order valence-electron chi connectivity index (χ1n) is 16.9. The summed E-state index contributed by atoms with van der Waals surface area (Å²) in [4.78, 5) is 15.0. The number of hydrogen-bond acceptors (Lipinski definition) is 4. The summed E-state index contributed by atoms with van der Waals surface area (Å²) in [6.07, 6.45) is 0. The molecular weight excluding hydrogens is 611 g/mol. The second kappa shape index (κ2) is 11.2. The number of furan rings is 1. The third-order valence-corrected chi connectivity index (χ3v) is 10.0. The summed E-state index contributed by atoms with van der Waals surface area (Å²) in [5, 5.41) is 2.09. The standard InChI is InChI=1S/C46H29N3O/c1-5-16-30(17-6-1)43-47-44(31-18-7-2-8-19-31)49-45(48-43)36-26-15-25-35-38-28-37-34-24-13-14-27-39(34)46(32-20-9-3-10-21-32,33-22-11-4-12-23-33)40(37)29-41(38)50-42(35)36/h1-29H. The zero-order valence-corrected chi connectivity index (χ0v) is 27.0. The van der Waals surface area contributed by atoms with Crippen molar-refractivity contribution in [2.75, 3.05) is 0 Å². The van der Waals surface area contributed by atoms with Crippen LogP contribution in [0.5, 0.6) is 0 Å². The van der Waals surface area contributed by atoms with Crippen LogP contribution >= 0.6 is 0 Å². The second-order valence-corrected chi connectivity index (χ2v) is 12.7. The minimum atomic E-state index is -0.506. The first-order chi connectivity index (χ1) is 24.8. The van der Waals surface area contributed by atoms with Crippen LogP contribution in [-0.2, 0) is 5.41 Å². The number of fused-ring (bicyclic) bond motifs is 6. The van der Waals surface area contributed by atoms with Crippen LogP contribution in [0.2, 0.25) is 0 Å². The Kier molecular flexibility index (Phi) is 6.36. The van der Waals surface area contributed by atoms with E-state index in [0.29, 0.717) is 17.5 Å². The molecule has 10 rings (SSSR count). The molecule has 0 atom stereocenters. The van der Waals surface area contributed by atoms with Crippen molar-refractivity contribution in [1.29, 1.82) is 0 Å². The molecule has 0 amide bonds. The van der Waals surface area contributed by atoms with Crippen LogP contribution < -0.4 is 0 Å². The molecule has 0 N–H and O–H groups in total. The fourth-order valence-corrected chi connectivity index (χ4v) is 7.84. The van der Waals surface area contributed by atoms with E-state index >= 15 is 0 Å². The van der Waals surface area contributed by atoms with Gasteiger partial charge in [0.2, 0.25) is 0 Å². The normalized spacial score (nSPS) is 13.0. The van der Waals surface area contributed by atoms with Crippen LogP contribution in [0.25, 0.3) is 67.2 Å². The number of aromatic nitrogens is 3. The van der Waals surface area contributed by atoms with Crippen LogP contribution in [0.4, 0.5) is 0 Å². The molecule has 4 heteroatoms. The van der Waals surface area contributed by atoms with E-state index in [4.69, 9.17) is 19.4 Å². The molecule has 50 heavy (non-hydrogen) atoms. The molecule has 2 heterocycles. The van der Waals surface area contributed by atoms with E-state index in [0.717, 1.165) is 38.6 Å². The minimum Gasteiger partial charge on any atom is -0.455 e. The van der Waals surface area contributed by atoms with E-state index in [-0.39, 0.29) is 0 Å². The third-order valence-electron chi connectivity index (χ3n) is 10.0. The van der Waals surface area contributed by atoms with Gasteiger partial charge in [-0.15, -0.1) is 0 Å². The van der Waals surface area contributed by atoms with Crippen molar-refractivity contribution in [3.05, 3.63) is 198 Å². The first-order valence-corrected chi connectivity index (χ1v) is 16.9. The number of rotatable bonds is 5. The highest BCUT2D eigenvalue weighted by atomic mass is 16.3. The Labute approximate surface area is 289 Å². The van der Waals surface area contributed by atoms with E-state index in [1.54, 1.807) is 0 Å². The summed E-state index contributed by atoms with van der Waals surface area (Å²) < 4.78 is 6.92. The van der Waals surface area contributed by atoms with Gasteiger partial charge in [-0.1, -0.05) is 158 Å². The lowest BCUT2D eigenvalue weighted by Gasteiger charge is -2.33. The maximum atomic E-state index is 6.92. The molecule has 0 spiro atoms. The SMILES string of the molecule is c1ccc(-c2nc(-c3ccccc3)nc(-c3cccc4c3oc3cc5c(cc34)-c3ccccc3C5(c3ccccc3)c3ccccc3)n2)cc1. The van der Waals surface area contributed by atoms with Crippen molar-refractivity contribution in [2.45, 2.75) is 5.41 Å². The smallest absolute Gasteiger partial charge is 0.167 e. The third kappa shape index (κ3) is 4.22. The lowest BCUT2D eigenvalue weighted by Crippen LogP contribution is -2.28. The maximum absolute atomic E-state index is 6.92. The second-order valence-electron chi connectivity index (χ2n) is 12.7. The Morgan fingerprint density at radius 1 is 0.380 bits per heavy atom. The average molecular weight is 640 g/mol. The topological polar surface area (TPSA) is 51.8 Å². The van der Waals surface area contributed by atoms with Gasteiger partial charge in [-0.3, -0.25) is 0 Å². The number of para-hydroxylation sites is 1. The van der Waals surface area contributed by atoms with Crippen molar-refractivity contribution in [3.63, 3.8) is 0 Å². The highest BCUT2D eigenvalue weighted by Crippen LogP contribution is 2.57. The van der Waals surface area contributed by atoms with Crippen LogP contribution in [-0.4, -0.2) is 15.0 Å². The predicted octanol–water partition coefficient (Wildman–Crippen LogP) is 11.1. The van der Waals surface area contributed by atoms with E-state index < -0.39 is 5.41 Å². The van der Waals surface area contributed by atoms with Crippen LogP contribution in [0.3, 0.4) is 0 Å². The average Bonchev–Trinajstić information content (AvgIpc) is 3.71. The first kappa shape index (κ1) is 28.4. The molecule has 0 radical (unpaired) electrons. The molecule has 1 aliphatic carbocycles. The van der Waals surface area contributed by atoms with Crippen molar-refractivity contribution in [1.82, 2.24) is 15.0 Å². The van der Waals surface area contributed by atoms with Gasteiger partial charge in [-0.2, -0.15) is 0 Å². The predicted molar refractivity (Wildman–Crippen MR) is 201 cm³/mol. The zero-order chi connectivity index (χ0) is 33.1. The molecule has 0 saturated carbocycles. The quantitative estimate of drug-likeness (QED) is 0.188. The highest BCUT2D eigenvalue weighted by Gasteiger charge is 2.46. The van der Waals surface area contributed by atoms with Gasteiger partial charge in [0.05, 0.1) is 11.0 Å². The van der Waals surface area contributed by atoms with Gasteiger partial charge >= 0.3 is 0 Å². The fourth-order valence-electron chi connectivity index (χ4n) is 7.84. The van der Waals surface area contributed by atoms with E-state index in [9.17, 15) is 0 Å². The van der Waals surface area contributed by atoms with Gasteiger partial charge in [0.1, 0.15) is 11.2 Å². The molecule has 9 aromatic rings. The van der Waals surface area contributed by atoms with Gasteiger partial charge in [0.25, 0.3) is 0 Å². The van der Waals surface area contributed by atoms with Gasteiger partial charge in [-0.05, 0) is 51.6 Å². The van der Waals surface area contributed by atoms with E-state index in [2.05, 4.69) is 109 Å². The Hall–Kier alpha value is -6.65.